The van der Waals surface area contributed by atoms with E-state index in [9.17, 15) is 18.5 Å². The molecular weight excluding hydrogens is 475 g/mol. The van der Waals surface area contributed by atoms with E-state index in [1.165, 1.54) is 0 Å². The number of hydrogen-bond donors (Lipinski definition) is 0. The summed E-state index contributed by atoms with van der Waals surface area (Å²) >= 11 is 0. The van der Waals surface area contributed by atoms with Gasteiger partial charge in [0, 0.05) is 12.0 Å². The molecule has 7 aliphatic heterocycles. The summed E-state index contributed by atoms with van der Waals surface area (Å²) in [5.74, 6) is -1.00. The van der Waals surface area contributed by atoms with Gasteiger partial charge in [0.2, 0.25) is 17.2 Å². The topological polar surface area (TPSA) is 166 Å². The molecule has 18 heteroatoms. The minimum Gasteiger partial charge on any atom is -0.381 e. The largest absolute Gasteiger partial charge is 0.648 e. The highest BCUT2D eigenvalue weighted by Gasteiger charge is 2.69. The molecule has 0 radical (unpaired) electrons. The Morgan fingerprint density at radius 1 is 0.733 bits per heavy atom. The quantitative estimate of drug-likeness (QED) is 0.309. The van der Waals surface area contributed by atoms with Crippen LogP contribution in [-0.4, -0.2) is 10.5 Å². The smallest absolute Gasteiger partial charge is 0.381 e. The molecule has 1 aromatic heterocycles. The SMILES string of the molecule is O=c1c2c3c4c(c5c2c2c(n1C#CC16OOP(=O)(O1)O6)OP(=O)(O5)O2)OP(=O)(O4)O3. The number of fused-ring (bicyclic) bond motifs is 5. The molecule has 9 rings (SSSR count). The molecule has 152 valence electrons. The Labute approximate surface area is 161 Å². The van der Waals surface area contributed by atoms with Crippen molar-refractivity contribution in [3.8, 4) is 46.6 Å². The second kappa shape index (κ2) is 4.21. The van der Waals surface area contributed by atoms with Crippen molar-refractivity contribution < 1.29 is 59.4 Å². The van der Waals surface area contributed by atoms with Gasteiger partial charge in [0.25, 0.3) is 11.4 Å². The van der Waals surface area contributed by atoms with Crippen LogP contribution < -0.4 is 32.7 Å². The molecule has 6 bridgehead atoms. The second-order valence-corrected chi connectivity index (χ2v) is 10.7. The summed E-state index contributed by atoms with van der Waals surface area (Å²) in [5.41, 5.74) is -0.861. The van der Waals surface area contributed by atoms with Crippen LogP contribution in [0, 0.1) is 12.0 Å². The van der Waals surface area contributed by atoms with Crippen LogP contribution in [-0.2, 0) is 32.3 Å². The normalized spacial score (nSPS) is 38.5. The summed E-state index contributed by atoms with van der Waals surface area (Å²) < 4.78 is 82.6. The lowest BCUT2D eigenvalue weighted by Crippen LogP contribution is -2.35. The van der Waals surface area contributed by atoms with Crippen LogP contribution in [0.4, 0.5) is 0 Å². The molecule has 3 saturated heterocycles. The van der Waals surface area contributed by atoms with Crippen molar-refractivity contribution in [3.63, 3.8) is 0 Å². The van der Waals surface area contributed by atoms with Gasteiger partial charge < -0.3 is 27.1 Å². The van der Waals surface area contributed by atoms with Gasteiger partial charge >= 0.3 is 29.4 Å². The number of phosphoric ester groups is 3. The van der Waals surface area contributed by atoms with E-state index in [1.807, 2.05) is 0 Å². The minimum atomic E-state index is -4.24. The molecule has 2 unspecified atom stereocenters. The maximum absolute atomic E-state index is 13.2. The third-order valence-electron chi connectivity index (χ3n) is 4.60. The van der Waals surface area contributed by atoms with Gasteiger partial charge in [-0.05, 0) is 0 Å². The first-order valence-corrected chi connectivity index (χ1v) is 12.2. The fourth-order valence-corrected chi connectivity index (χ4v) is 7.10. The van der Waals surface area contributed by atoms with Crippen LogP contribution in [0.3, 0.4) is 0 Å². The van der Waals surface area contributed by atoms with Gasteiger partial charge in [-0.1, -0.05) is 0 Å². The molecular formula is C12NO14P3. The second-order valence-electron chi connectivity index (χ2n) is 6.36. The van der Waals surface area contributed by atoms with Gasteiger partial charge in [-0.3, -0.25) is 4.79 Å². The Morgan fingerprint density at radius 2 is 1.33 bits per heavy atom. The molecule has 0 N–H and O–H groups in total. The van der Waals surface area contributed by atoms with Gasteiger partial charge in [-0.25, -0.2) is 13.6 Å². The minimum absolute atomic E-state index is 0.0155. The summed E-state index contributed by atoms with van der Waals surface area (Å²) in [6, 6.07) is 2.33. The lowest BCUT2D eigenvalue weighted by Gasteiger charge is -2.24. The van der Waals surface area contributed by atoms with Crippen molar-refractivity contribution in [3.05, 3.63) is 10.4 Å². The van der Waals surface area contributed by atoms with Crippen LogP contribution in [0.25, 0.3) is 10.8 Å². The van der Waals surface area contributed by atoms with Gasteiger partial charge in [-0.15, -0.1) is 9.56 Å². The monoisotopic (exact) mass is 475 g/mol. The van der Waals surface area contributed by atoms with Crippen molar-refractivity contribution in [2.75, 3.05) is 0 Å². The third-order valence-corrected chi connectivity index (χ3v) is 8.21. The molecule has 0 aliphatic carbocycles. The Balaban J connectivity index is 1.46. The van der Waals surface area contributed by atoms with Crippen LogP contribution in [0.5, 0.6) is 34.6 Å². The predicted octanol–water partition coefficient (Wildman–Crippen LogP) is 2.12. The maximum atomic E-state index is 13.2. The number of hydrogen-bond acceptors (Lipinski definition) is 14. The Hall–Kier alpha value is -2.68. The average Bonchev–Trinajstić information content (AvgIpc) is 3.40. The summed E-state index contributed by atoms with van der Waals surface area (Å²) in [5, 5.41) is -0.182. The lowest BCUT2D eigenvalue weighted by atomic mass is 10.1. The van der Waals surface area contributed by atoms with Crippen molar-refractivity contribution >= 4 is 34.2 Å². The van der Waals surface area contributed by atoms with Gasteiger partial charge in [0.1, 0.15) is 5.39 Å². The lowest BCUT2D eigenvalue weighted by molar-refractivity contribution is -0.340. The highest BCUT2D eigenvalue weighted by molar-refractivity contribution is 7.51. The number of nitrogens with zero attached hydrogens (tertiary/aromatic N) is 1. The van der Waals surface area contributed by atoms with Crippen LogP contribution >= 0.6 is 23.5 Å². The maximum Gasteiger partial charge on any atom is 0.648 e. The zero-order valence-electron chi connectivity index (χ0n) is 13.5. The van der Waals surface area contributed by atoms with E-state index in [1.54, 1.807) is 0 Å². The average molecular weight is 475 g/mol. The molecule has 2 aromatic rings. The summed E-state index contributed by atoms with van der Waals surface area (Å²) in [7, 11) is -12.1. The first-order chi connectivity index (χ1) is 14.2. The van der Waals surface area contributed by atoms with Crippen molar-refractivity contribution in [2.24, 2.45) is 0 Å². The molecule has 0 amide bonds. The zero-order chi connectivity index (χ0) is 20.3. The first kappa shape index (κ1) is 16.1. The molecule has 30 heavy (non-hydrogen) atoms. The first-order valence-electron chi connectivity index (χ1n) is 7.82. The van der Waals surface area contributed by atoms with Crippen molar-refractivity contribution in [1.82, 2.24) is 4.57 Å². The standard InChI is InChI=1S/C12NO14P3/c14-10-4-3-5(8-9-6(4)19-28(15,21-8)22-9)18-29(16)20-7(3)11(23-29)13(10)2-1-12-24-27-30(17,25-12)26-12. The summed E-state index contributed by atoms with van der Waals surface area (Å²) in [4.78, 5) is 17.8. The fourth-order valence-electron chi connectivity index (χ4n) is 3.53. The van der Waals surface area contributed by atoms with E-state index in [-0.39, 0.29) is 45.4 Å². The molecule has 15 nitrogen and oxygen atoms in total. The van der Waals surface area contributed by atoms with Crippen LogP contribution in [0.1, 0.15) is 0 Å². The fraction of sp³-hybridized carbons (Fsp3) is 0.0833. The van der Waals surface area contributed by atoms with Crippen LogP contribution in [0.15, 0.2) is 4.79 Å². The number of pyridine rings is 1. The Morgan fingerprint density at radius 3 is 2.00 bits per heavy atom. The van der Waals surface area contributed by atoms with Gasteiger partial charge in [0.15, 0.2) is 11.5 Å². The Bertz CT molecular complexity index is 1580. The van der Waals surface area contributed by atoms with Gasteiger partial charge in [0.05, 0.1) is 5.39 Å². The molecule has 0 spiro atoms. The van der Waals surface area contributed by atoms with E-state index in [2.05, 4.69) is 21.5 Å². The molecule has 7 aliphatic rings. The Kier molecular flexibility index (Phi) is 2.25. The summed E-state index contributed by atoms with van der Waals surface area (Å²) in [6.07, 6.45) is 0. The summed E-state index contributed by atoms with van der Waals surface area (Å²) in [6.45, 7) is 0. The van der Waals surface area contributed by atoms with E-state index >= 15 is 0 Å². The van der Waals surface area contributed by atoms with E-state index in [0.717, 1.165) is 0 Å². The van der Waals surface area contributed by atoms with Gasteiger partial charge in [-0.2, -0.15) is 13.7 Å². The number of aromatic nitrogens is 1. The molecule has 1 aromatic carbocycles. The highest BCUT2D eigenvalue weighted by atomic mass is 31.2. The highest BCUT2D eigenvalue weighted by Crippen LogP contribution is 2.77. The number of rotatable bonds is 0. The molecule has 0 saturated carbocycles. The number of phosphoric acid groups is 3. The number of benzene rings is 1. The third kappa shape index (κ3) is 1.61. The van der Waals surface area contributed by atoms with E-state index < -0.39 is 35.0 Å². The molecule has 3 fully saturated rings. The molecule has 2 atom stereocenters. The van der Waals surface area contributed by atoms with Crippen molar-refractivity contribution in [1.29, 1.82) is 0 Å². The van der Waals surface area contributed by atoms with Crippen molar-refractivity contribution in [2.45, 2.75) is 5.97 Å². The van der Waals surface area contributed by atoms with Crippen LogP contribution in [0.2, 0.25) is 0 Å². The predicted molar refractivity (Wildman–Crippen MR) is 85.0 cm³/mol. The molecule has 8 heterocycles. The van der Waals surface area contributed by atoms with E-state index in [4.69, 9.17) is 36.2 Å². The zero-order valence-corrected chi connectivity index (χ0v) is 16.2. The van der Waals surface area contributed by atoms with E-state index in [0.29, 0.717) is 4.57 Å².